The molecule has 2 N–H and O–H groups in total. The van der Waals surface area contributed by atoms with Crippen LogP contribution in [0.3, 0.4) is 0 Å². The fourth-order valence-electron chi connectivity index (χ4n) is 1.83. The zero-order valence-electron chi connectivity index (χ0n) is 15.1. The lowest BCUT2D eigenvalue weighted by Gasteiger charge is -2.27. The number of carbonyl (C=O) groups excluding carboxylic acids is 2. The summed E-state index contributed by atoms with van der Waals surface area (Å²) in [5.74, 6) is -0.812. The molecule has 138 valence electrons. The first kappa shape index (κ1) is 21.2. The van der Waals surface area contributed by atoms with Crippen LogP contribution in [0, 0.1) is 5.82 Å². The van der Waals surface area contributed by atoms with Crippen LogP contribution < -0.4 is 10.6 Å². The van der Waals surface area contributed by atoms with Gasteiger partial charge in [0.1, 0.15) is 11.4 Å². The first-order valence-corrected chi connectivity index (χ1v) is 8.59. The standard InChI is InChI=1S/C18H24BrFN2O3/c1-17(2,3)25-16(24)21-11-18(4,5)22-15(23)9-6-12-10-13(19)7-8-14(12)20/h6-10H,11H2,1-5H3,(H,21,24)(H,22,23). The van der Waals surface area contributed by atoms with Gasteiger partial charge in [0.25, 0.3) is 0 Å². The van der Waals surface area contributed by atoms with E-state index < -0.39 is 29.0 Å². The number of hydrogen-bond acceptors (Lipinski definition) is 3. The molecule has 0 bridgehead atoms. The third kappa shape index (κ3) is 8.67. The lowest BCUT2D eigenvalue weighted by Crippen LogP contribution is -2.51. The highest BCUT2D eigenvalue weighted by atomic mass is 79.9. The van der Waals surface area contributed by atoms with Gasteiger partial charge in [-0.25, -0.2) is 9.18 Å². The van der Waals surface area contributed by atoms with Crippen LogP contribution in [-0.2, 0) is 9.53 Å². The van der Waals surface area contributed by atoms with Crippen molar-refractivity contribution in [1.29, 1.82) is 0 Å². The molecule has 25 heavy (non-hydrogen) atoms. The highest BCUT2D eigenvalue weighted by Crippen LogP contribution is 2.16. The van der Waals surface area contributed by atoms with Crippen molar-refractivity contribution >= 4 is 34.0 Å². The summed E-state index contributed by atoms with van der Waals surface area (Å²) in [5.41, 5.74) is -0.989. The first-order chi connectivity index (χ1) is 11.4. The molecule has 0 atom stereocenters. The van der Waals surface area contributed by atoms with Gasteiger partial charge in [-0.1, -0.05) is 15.9 Å². The van der Waals surface area contributed by atoms with E-state index in [4.69, 9.17) is 4.74 Å². The number of carbonyl (C=O) groups is 2. The topological polar surface area (TPSA) is 67.4 Å². The minimum atomic E-state index is -0.700. The summed E-state index contributed by atoms with van der Waals surface area (Å²) < 4.78 is 19.5. The van der Waals surface area contributed by atoms with E-state index in [0.29, 0.717) is 5.56 Å². The van der Waals surface area contributed by atoms with Crippen LogP contribution in [-0.4, -0.2) is 29.7 Å². The second-order valence-corrected chi connectivity index (χ2v) is 8.14. The zero-order chi connectivity index (χ0) is 19.3. The molecule has 0 unspecified atom stereocenters. The van der Waals surface area contributed by atoms with Crippen molar-refractivity contribution in [1.82, 2.24) is 10.6 Å². The number of nitrogens with one attached hydrogen (secondary N) is 2. The molecule has 0 saturated heterocycles. The minimum absolute atomic E-state index is 0.187. The summed E-state index contributed by atoms with van der Waals surface area (Å²) in [6, 6.07) is 4.48. The van der Waals surface area contributed by atoms with Crippen molar-refractivity contribution < 1.29 is 18.7 Å². The summed E-state index contributed by atoms with van der Waals surface area (Å²) in [4.78, 5) is 23.7. The van der Waals surface area contributed by atoms with Crippen LogP contribution >= 0.6 is 15.9 Å². The van der Waals surface area contributed by atoms with Crippen LogP contribution in [0.2, 0.25) is 0 Å². The second-order valence-electron chi connectivity index (χ2n) is 7.23. The molecule has 0 saturated carbocycles. The van der Waals surface area contributed by atoms with Gasteiger partial charge in [-0.2, -0.15) is 0 Å². The molecular formula is C18H24BrFN2O3. The molecule has 0 aliphatic carbocycles. The summed E-state index contributed by atoms with van der Waals surface area (Å²) in [7, 11) is 0. The van der Waals surface area contributed by atoms with Gasteiger partial charge < -0.3 is 15.4 Å². The zero-order valence-corrected chi connectivity index (χ0v) is 16.7. The van der Waals surface area contributed by atoms with Gasteiger partial charge >= 0.3 is 6.09 Å². The second kappa shape index (κ2) is 8.47. The van der Waals surface area contributed by atoms with Gasteiger partial charge in [-0.05, 0) is 58.9 Å². The molecule has 7 heteroatoms. The maximum absolute atomic E-state index is 13.6. The number of ether oxygens (including phenoxy) is 1. The van der Waals surface area contributed by atoms with Crippen LogP contribution in [0.1, 0.15) is 40.2 Å². The van der Waals surface area contributed by atoms with Gasteiger partial charge in [0, 0.05) is 22.7 Å². The third-order valence-electron chi connectivity index (χ3n) is 2.91. The summed E-state index contributed by atoms with van der Waals surface area (Å²) in [6.07, 6.45) is 2.09. The van der Waals surface area contributed by atoms with Gasteiger partial charge in [0.15, 0.2) is 0 Å². The molecule has 5 nitrogen and oxygen atoms in total. The normalized spacial score (nSPS) is 12.1. The fraction of sp³-hybridized carbons (Fsp3) is 0.444. The highest BCUT2D eigenvalue weighted by molar-refractivity contribution is 9.10. The van der Waals surface area contributed by atoms with Crippen molar-refractivity contribution in [2.75, 3.05) is 6.54 Å². The van der Waals surface area contributed by atoms with Crippen LogP contribution in [0.15, 0.2) is 28.7 Å². The minimum Gasteiger partial charge on any atom is -0.444 e. The Morgan fingerprint density at radius 1 is 1.24 bits per heavy atom. The molecule has 1 aromatic carbocycles. The molecular weight excluding hydrogens is 391 g/mol. The Kier molecular flexibility index (Phi) is 7.17. The summed E-state index contributed by atoms with van der Waals surface area (Å²) in [6.45, 7) is 9.01. The predicted octanol–water partition coefficient (Wildman–Crippen LogP) is 4.02. The molecule has 2 amide bonds. The van der Waals surface area contributed by atoms with Crippen molar-refractivity contribution in [3.05, 3.63) is 40.1 Å². The maximum Gasteiger partial charge on any atom is 0.407 e. The smallest absolute Gasteiger partial charge is 0.407 e. The monoisotopic (exact) mass is 414 g/mol. The Balaban J connectivity index is 2.58. The lowest BCUT2D eigenvalue weighted by atomic mass is 10.1. The quantitative estimate of drug-likeness (QED) is 0.714. The lowest BCUT2D eigenvalue weighted by molar-refractivity contribution is -0.117. The molecule has 0 aromatic heterocycles. The van der Waals surface area contributed by atoms with Crippen LogP contribution in [0.5, 0.6) is 0 Å². The van der Waals surface area contributed by atoms with E-state index in [9.17, 15) is 14.0 Å². The Morgan fingerprint density at radius 3 is 2.48 bits per heavy atom. The van der Waals surface area contributed by atoms with E-state index >= 15 is 0 Å². The molecule has 1 rings (SSSR count). The van der Waals surface area contributed by atoms with Crippen LogP contribution in [0.25, 0.3) is 6.08 Å². The summed E-state index contributed by atoms with van der Waals surface area (Å²) in [5, 5.41) is 5.36. The average molecular weight is 415 g/mol. The SMILES string of the molecule is CC(C)(CNC(=O)OC(C)(C)C)NC(=O)C=Cc1cc(Br)ccc1F. The number of benzene rings is 1. The molecule has 0 fully saturated rings. The Bertz CT molecular complexity index is 667. The number of halogens is 2. The Morgan fingerprint density at radius 2 is 1.88 bits per heavy atom. The first-order valence-electron chi connectivity index (χ1n) is 7.80. The van der Waals surface area contributed by atoms with Crippen molar-refractivity contribution in [3.8, 4) is 0 Å². The van der Waals surface area contributed by atoms with Gasteiger partial charge in [0.05, 0.1) is 5.54 Å². The van der Waals surface area contributed by atoms with E-state index in [1.54, 1.807) is 46.8 Å². The van der Waals surface area contributed by atoms with Crippen molar-refractivity contribution in [3.63, 3.8) is 0 Å². The fourth-order valence-corrected chi connectivity index (χ4v) is 2.21. The maximum atomic E-state index is 13.6. The molecule has 0 aliphatic rings. The van der Waals surface area contributed by atoms with Crippen molar-refractivity contribution in [2.45, 2.75) is 45.8 Å². The number of alkyl carbamates (subject to hydrolysis) is 1. The number of amides is 2. The summed E-state index contributed by atoms with van der Waals surface area (Å²) >= 11 is 3.25. The van der Waals surface area contributed by atoms with E-state index in [-0.39, 0.29) is 6.54 Å². The molecule has 0 radical (unpaired) electrons. The van der Waals surface area contributed by atoms with E-state index in [1.165, 1.54) is 18.2 Å². The van der Waals surface area contributed by atoms with E-state index in [0.717, 1.165) is 4.47 Å². The highest BCUT2D eigenvalue weighted by Gasteiger charge is 2.22. The van der Waals surface area contributed by atoms with Gasteiger partial charge in [-0.3, -0.25) is 4.79 Å². The van der Waals surface area contributed by atoms with Gasteiger partial charge in [-0.15, -0.1) is 0 Å². The molecule has 0 spiro atoms. The largest absolute Gasteiger partial charge is 0.444 e. The number of rotatable bonds is 5. The third-order valence-corrected chi connectivity index (χ3v) is 3.40. The van der Waals surface area contributed by atoms with Gasteiger partial charge in [0.2, 0.25) is 5.91 Å². The molecule has 1 aromatic rings. The molecule has 0 aliphatic heterocycles. The Hall–Kier alpha value is -1.89. The average Bonchev–Trinajstić information content (AvgIpc) is 2.44. The van der Waals surface area contributed by atoms with E-state index in [2.05, 4.69) is 26.6 Å². The Labute approximate surface area is 156 Å². The number of hydrogen-bond donors (Lipinski definition) is 2. The van der Waals surface area contributed by atoms with Crippen LogP contribution in [0.4, 0.5) is 9.18 Å². The van der Waals surface area contributed by atoms with Crippen molar-refractivity contribution in [2.24, 2.45) is 0 Å². The van der Waals surface area contributed by atoms with E-state index in [1.807, 2.05) is 0 Å². The molecule has 0 heterocycles. The predicted molar refractivity (Wildman–Crippen MR) is 99.6 cm³/mol.